The summed E-state index contributed by atoms with van der Waals surface area (Å²) >= 11 is 0. The Morgan fingerprint density at radius 2 is 1.45 bits per heavy atom. The van der Waals surface area contributed by atoms with Crippen molar-refractivity contribution in [2.24, 2.45) is 5.92 Å². The molecule has 2 aromatic rings. The second-order valence-electron chi connectivity index (χ2n) is 7.88. The highest BCUT2D eigenvalue weighted by Gasteiger charge is 2.09. The monoisotopic (exact) mass is 424 g/mol. The summed E-state index contributed by atoms with van der Waals surface area (Å²) in [6.07, 6.45) is 9.68. The van der Waals surface area contributed by atoms with Gasteiger partial charge in [0.25, 0.3) is 0 Å². The predicted molar refractivity (Wildman–Crippen MR) is 126 cm³/mol. The van der Waals surface area contributed by atoms with Gasteiger partial charge in [0.2, 0.25) is 0 Å². The van der Waals surface area contributed by atoms with Gasteiger partial charge in [0.05, 0.1) is 18.8 Å². The van der Waals surface area contributed by atoms with Crippen molar-refractivity contribution < 1.29 is 19.0 Å². The Hall–Kier alpha value is -2.75. The first kappa shape index (κ1) is 24.5. The molecule has 0 aliphatic carbocycles. The summed E-state index contributed by atoms with van der Waals surface area (Å²) in [7, 11) is 0. The number of ether oxygens (including phenoxy) is 3. The van der Waals surface area contributed by atoms with Crippen molar-refractivity contribution in [3.8, 4) is 17.2 Å². The maximum absolute atomic E-state index is 12.4. The molecule has 0 N–H and O–H groups in total. The molecule has 0 spiro atoms. The third-order valence-corrected chi connectivity index (χ3v) is 5.25. The summed E-state index contributed by atoms with van der Waals surface area (Å²) in [5.41, 5.74) is 0.490. The van der Waals surface area contributed by atoms with E-state index in [-0.39, 0.29) is 0 Å². The molecule has 0 unspecified atom stereocenters. The molecule has 168 valence electrons. The van der Waals surface area contributed by atoms with E-state index in [1.165, 1.54) is 12.8 Å². The van der Waals surface area contributed by atoms with Gasteiger partial charge in [0, 0.05) is 0 Å². The van der Waals surface area contributed by atoms with Gasteiger partial charge in [-0.15, -0.1) is 6.58 Å². The maximum atomic E-state index is 12.4. The van der Waals surface area contributed by atoms with Gasteiger partial charge in [-0.1, -0.05) is 26.3 Å². The molecule has 0 heterocycles. The minimum atomic E-state index is -0.391. The van der Waals surface area contributed by atoms with Gasteiger partial charge >= 0.3 is 5.97 Å². The minimum Gasteiger partial charge on any atom is -0.494 e. The lowest BCUT2D eigenvalue weighted by Crippen LogP contribution is -2.08. The summed E-state index contributed by atoms with van der Waals surface area (Å²) in [6, 6.07) is 14.2. The van der Waals surface area contributed by atoms with E-state index in [4.69, 9.17) is 14.2 Å². The van der Waals surface area contributed by atoms with Crippen LogP contribution in [0.4, 0.5) is 0 Å². The number of rotatable bonds is 15. The molecule has 2 rings (SSSR count). The van der Waals surface area contributed by atoms with Crippen LogP contribution in [-0.4, -0.2) is 19.2 Å². The first-order chi connectivity index (χ1) is 15.1. The molecular formula is C27H36O4. The highest BCUT2D eigenvalue weighted by Crippen LogP contribution is 2.20. The molecule has 0 saturated carbocycles. The summed E-state index contributed by atoms with van der Waals surface area (Å²) in [5.74, 6) is 2.39. The lowest BCUT2D eigenvalue weighted by Gasteiger charge is -2.10. The molecule has 4 nitrogen and oxygen atoms in total. The Bertz CT molecular complexity index is 765. The standard InChI is InChI=1S/C27H36O4/c1-4-6-7-8-9-20-29-24-14-12-23(13-15-24)27(28)31-26-18-16-25(17-19-26)30-21-10-11-22(3)5-2/h4,12-19,22H,1,5-11,20-21H2,2-3H3/t22-/m0/s1. The first-order valence-corrected chi connectivity index (χ1v) is 11.4. The van der Waals surface area contributed by atoms with Crippen molar-refractivity contribution >= 4 is 5.97 Å². The number of esters is 1. The highest BCUT2D eigenvalue weighted by atomic mass is 16.5. The van der Waals surface area contributed by atoms with E-state index in [1.807, 2.05) is 18.2 Å². The fourth-order valence-corrected chi connectivity index (χ4v) is 3.04. The summed E-state index contributed by atoms with van der Waals surface area (Å²) < 4.78 is 16.9. The molecule has 0 saturated heterocycles. The van der Waals surface area contributed by atoms with Crippen LogP contribution in [0.3, 0.4) is 0 Å². The quantitative estimate of drug-likeness (QED) is 0.131. The first-order valence-electron chi connectivity index (χ1n) is 11.4. The molecule has 1 atom stereocenters. The van der Waals surface area contributed by atoms with Gasteiger partial charge in [-0.3, -0.25) is 0 Å². The summed E-state index contributed by atoms with van der Waals surface area (Å²) in [6.45, 7) is 9.57. The average Bonchev–Trinajstić information content (AvgIpc) is 2.80. The van der Waals surface area contributed by atoms with Crippen molar-refractivity contribution in [3.05, 3.63) is 66.7 Å². The van der Waals surface area contributed by atoms with E-state index < -0.39 is 5.97 Å². The molecule has 4 heteroatoms. The zero-order valence-electron chi connectivity index (χ0n) is 19.0. The van der Waals surface area contributed by atoms with Crippen molar-refractivity contribution in [1.29, 1.82) is 0 Å². The smallest absolute Gasteiger partial charge is 0.343 e. The molecule has 0 aliphatic heterocycles. The maximum Gasteiger partial charge on any atom is 0.343 e. The highest BCUT2D eigenvalue weighted by molar-refractivity contribution is 5.91. The van der Waals surface area contributed by atoms with Gasteiger partial charge in [-0.2, -0.15) is 0 Å². The Morgan fingerprint density at radius 3 is 2.06 bits per heavy atom. The van der Waals surface area contributed by atoms with Crippen LogP contribution in [0.25, 0.3) is 0 Å². The molecule has 0 fully saturated rings. The topological polar surface area (TPSA) is 44.8 Å². The van der Waals surface area contributed by atoms with E-state index >= 15 is 0 Å². The van der Waals surface area contributed by atoms with Crippen LogP contribution >= 0.6 is 0 Å². The minimum absolute atomic E-state index is 0.391. The average molecular weight is 425 g/mol. The number of carbonyl (C=O) groups excluding carboxylic acids is 1. The fraction of sp³-hybridized carbons (Fsp3) is 0.444. The lowest BCUT2D eigenvalue weighted by molar-refractivity contribution is 0.0734. The molecule has 0 radical (unpaired) electrons. The van der Waals surface area contributed by atoms with Gasteiger partial charge in [0.1, 0.15) is 17.2 Å². The van der Waals surface area contributed by atoms with Crippen LogP contribution in [0.15, 0.2) is 61.2 Å². The van der Waals surface area contributed by atoms with Gasteiger partial charge in [-0.25, -0.2) is 4.79 Å². The molecule has 31 heavy (non-hydrogen) atoms. The number of hydrogen-bond donors (Lipinski definition) is 0. The fourth-order valence-electron chi connectivity index (χ4n) is 3.04. The van der Waals surface area contributed by atoms with Crippen LogP contribution < -0.4 is 14.2 Å². The molecule has 0 amide bonds. The zero-order chi connectivity index (χ0) is 22.3. The van der Waals surface area contributed by atoms with Crippen molar-refractivity contribution in [3.63, 3.8) is 0 Å². The van der Waals surface area contributed by atoms with Gasteiger partial charge < -0.3 is 14.2 Å². The molecule has 0 aromatic heterocycles. The largest absolute Gasteiger partial charge is 0.494 e. The van der Waals surface area contributed by atoms with E-state index in [9.17, 15) is 4.79 Å². The third kappa shape index (κ3) is 9.73. The van der Waals surface area contributed by atoms with Gasteiger partial charge in [-0.05, 0) is 93.0 Å². The normalized spacial score (nSPS) is 11.5. The number of unbranched alkanes of at least 4 members (excludes halogenated alkanes) is 3. The number of allylic oxidation sites excluding steroid dienone is 1. The van der Waals surface area contributed by atoms with Gasteiger partial charge in [0.15, 0.2) is 0 Å². The van der Waals surface area contributed by atoms with Crippen LogP contribution in [0.1, 0.15) is 69.2 Å². The van der Waals surface area contributed by atoms with Crippen LogP contribution in [0.5, 0.6) is 17.2 Å². The SMILES string of the molecule is C=CCCCCCOc1ccc(C(=O)Oc2ccc(OCCC[C@@H](C)CC)cc2)cc1. The molecule has 2 aromatic carbocycles. The Kier molecular flexibility index (Phi) is 11.3. The number of benzene rings is 2. The molecule has 0 bridgehead atoms. The molecule has 0 aliphatic rings. The van der Waals surface area contributed by atoms with Crippen LogP contribution in [0, 0.1) is 5.92 Å². The second kappa shape index (κ2) is 14.3. The van der Waals surface area contributed by atoms with E-state index in [2.05, 4.69) is 20.4 Å². The van der Waals surface area contributed by atoms with Crippen molar-refractivity contribution in [2.75, 3.05) is 13.2 Å². The lowest BCUT2D eigenvalue weighted by atomic mass is 10.0. The third-order valence-electron chi connectivity index (χ3n) is 5.25. The molecular weight excluding hydrogens is 388 g/mol. The number of carbonyl (C=O) groups is 1. The van der Waals surface area contributed by atoms with Crippen LogP contribution in [-0.2, 0) is 0 Å². The number of hydrogen-bond acceptors (Lipinski definition) is 4. The Balaban J connectivity index is 1.72. The summed E-state index contributed by atoms with van der Waals surface area (Å²) in [4.78, 5) is 12.4. The van der Waals surface area contributed by atoms with E-state index in [0.29, 0.717) is 24.5 Å². The van der Waals surface area contributed by atoms with Crippen molar-refractivity contribution in [1.82, 2.24) is 0 Å². The van der Waals surface area contributed by atoms with E-state index in [1.54, 1.807) is 36.4 Å². The van der Waals surface area contributed by atoms with E-state index in [0.717, 1.165) is 49.5 Å². The van der Waals surface area contributed by atoms with Crippen LogP contribution in [0.2, 0.25) is 0 Å². The Morgan fingerprint density at radius 1 is 0.871 bits per heavy atom. The van der Waals surface area contributed by atoms with Crippen molar-refractivity contribution in [2.45, 2.75) is 58.8 Å². The summed E-state index contributed by atoms with van der Waals surface area (Å²) in [5, 5.41) is 0. The Labute approximate surface area is 187 Å². The predicted octanol–water partition coefficient (Wildman–Crippen LogP) is 7.24. The zero-order valence-corrected chi connectivity index (χ0v) is 19.0. The second-order valence-corrected chi connectivity index (χ2v) is 7.88.